The Hall–Kier alpha value is -3.85. The highest BCUT2D eigenvalue weighted by molar-refractivity contribution is 7.80. The molecular formula is C33H39N5O3S. The Morgan fingerprint density at radius 2 is 1.74 bits per heavy atom. The molecule has 0 aliphatic carbocycles. The van der Waals surface area contributed by atoms with Crippen molar-refractivity contribution < 1.29 is 4.52 Å². The molecule has 2 aromatic carbocycles. The predicted octanol–water partition coefficient (Wildman–Crippen LogP) is 6.26. The third-order valence-corrected chi connectivity index (χ3v) is 8.94. The Labute approximate surface area is 251 Å². The summed E-state index contributed by atoms with van der Waals surface area (Å²) >= 11 is 5.94. The summed E-state index contributed by atoms with van der Waals surface area (Å²) in [5.41, 5.74) is 5.09. The zero-order valence-electron chi connectivity index (χ0n) is 25.0. The van der Waals surface area contributed by atoms with E-state index in [4.69, 9.17) is 21.7 Å². The summed E-state index contributed by atoms with van der Waals surface area (Å²) in [5.74, 6) is 0.729. The molecule has 3 atom stereocenters. The molecule has 2 aromatic heterocycles. The fourth-order valence-electron chi connectivity index (χ4n) is 6.05. The van der Waals surface area contributed by atoms with Crippen molar-refractivity contribution in [2.45, 2.75) is 91.3 Å². The molecule has 0 bridgehead atoms. The molecule has 220 valence electrons. The summed E-state index contributed by atoms with van der Waals surface area (Å²) in [6.45, 7) is 11.0. The van der Waals surface area contributed by atoms with Gasteiger partial charge in [0.05, 0.1) is 11.5 Å². The van der Waals surface area contributed by atoms with E-state index >= 15 is 0 Å². The third-order valence-electron chi connectivity index (χ3n) is 8.59. The smallest absolute Gasteiger partial charge is 0.360 e. The lowest BCUT2D eigenvalue weighted by Gasteiger charge is -2.41. The van der Waals surface area contributed by atoms with Crippen LogP contribution in [0.25, 0.3) is 22.5 Å². The van der Waals surface area contributed by atoms with E-state index < -0.39 is 5.76 Å². The Kier molecular flexibility index (Phi) is 8.87. The van der Waals surface area contributed by atoms with Gasteiger partial charge in [-0.1, -0.05) is 79.8 Å². The number of likely N-dealkylation sites (tertiary alicyclic amines) is 1. The molecule has 1 saturated heterocycles. The molecule has 0 radical (unpaired) electrons. The van der Waals surface area contributed by atoms with E-state index in [-0.39, 0.29) is 11.5 Å². The van der Waals surface area contributed by atoms with Crippen LogP contribution >= 0.6 is 12.2 Å². The van der Waals surface area contributed by atoms with Crippen molar-refractivity contribution in [3.05, 3.63) is 92.1 Å². The van der Waals surface area contributed by atoms with Crippen molar-refractivity contribution >= 4 is 17.2 Å². The van der Waals surface area contributed by atoms with E-state index in [9.17, 15) is 9.59 Å². The Morgan fingerprint density at radius 1 is 1.07 bits per heavy atom. The Balaban J connectivity index is 1.47. The number of rotatable bonds is 8. The molecule has 1 fully saturated rings. The van der Waals surface area contributed by atoms with Crippen LogP contribution in [0.5, 0.6) is 0 Å². The monoisotopic (exact) mass is 585 g/mol. The SMILES string of the molecule is CCC(C)c1nc(C)c(CC(=S)N2C(C)CCCC2C)c(=O)n1Cc1ccc(-c2ccccc2-c2noc(=O)[nH]2)cc1. The quantitative estimate of drug-likeness (QED) is 0.244. The standard InChI is InChI=1S/C33H39N5O3S/c1-6-20(2)31-34-23(5)28(18-29(42)38-21(3)10-9-11-22(38)4)32(39)37(31)19-24-14-16-25(17-15-24)26-12-7-8-13-27(26)30-35-33(40)41-36-30/h7-8,12-17,20-22H,6,9-11,18-19H2,1-5H3,(H,35,36,40). The zero-order chi connectivity index (χ0) is 30.0. The Morgan fingerprint density at radius 3 is 2.36 bits per heavy atom. The van der Waals surface area contributed by atoms with Gasteiger partial charge in [0.25, 0.3) is 5.56 Å². The number of aromatic amines is 1. The third kappa shape index (κ3) is 6.02. The number of thiocarbonyl (C=S) groups is 1. The molecule has 5 rings (SSSR count). The van der Waals surface area contributed by atoms with Gasteiger partial charge in [-0.25, -0.2) is 9.78 Å². The number of hydrogen-bond donors (Lipinski definition) is 1. The fourth-order valence-corrected chi connectivity index (χ4v) is 6.56. The van der Waals surface area contributed by atoms with Crippen molar-refractivity contribution in [1.82, 2.24) is 24.6 Å². The molecule has 3 unspecified atom stereocenters. The van der Waals surface area contributed by atoms with Crippen LogP contribution in [-0.4, -0.2) is 41.7 Å². The van der Waals surface area contributed by atoms with Crippen molar-refractivity contribution in [1.29, 1.82) is 0 Å². The minimum atomic E-state index is -0.593. The highest BCUT2D eigenvalue weighted by Crippen LogP contribution is 2.30. The average molecular weight is 586 g/mol. The maximum Gasteiger partial charge on any atom is 0.439 e. The number of H-pyrrole nitrogens is 1. The predicted molar refractivity (Wildman–Crippen MR) is 170 cm³/mol. The average Bonchev–Trinajstić information content (AvgIpc) is 3.42. The van der Waals surface area contributed by atoms with E-state index in [1.54, 1.807) is 0 Å². The van der Waals surface area contributed by atoms with Gasteiger partial charge in [-0.05, 0) is 63.1 Å². The second-order valence-corrected chi connectivity index (χ2v) is 12.0. The van der Waals surface area contributed by atoms with Crippen molar-refractivity contribution in [3.63, 3.8) is 0 Å². The van der Waals surface area contributed by atoms with Gasteiger partial charge in [0.1, 0.15) is 5.82 Å². The van der Waals surface area contributed by atoms with Gasteiger partial charge in [0.15, 0.2) is 5.82 Å². The summed E-state index contributed by atoms with van der Waals surface area (Å²) in [6, 6.07) is 16.6. The normalized spacial score (nSPS) is 17.8. The van der Waals surface area contributed by atoms with Gasteiger partial charge in [-0.2, -0.15) is 0 Å². The second kappa shape index (κ2) is 12.6. The minimum absolute atomic E-state index is 0.0122. The lowest BCUT2D eigenvalue weighted by atomic mass is 9.96. The van der Waals surface area contributed by atoms with Crippen LogP contribution < -0.4 is 11.3 Å². The van der Waals surface area contributed by atoms with Crippen LogP contribution in [-0.2, 0) is 13.0 Å². The largest absolute Gasteiger partial charge is 0.439 e. The van der Waals surface area contributed by atoms with E-state index in [2.05, 4.69) is 42.7 Å². The number of nitrogens with zero attached hydrogens (tertiary/aromatic N) is 4. The molecular weight excluding hydrogens is 546 g/mol. The van der Waals surface area contributed by atoms with Crippen LogP contribution in [0.2, 0.25) is 0 Å². The first-order valence-electron chi connectivity index (χ1n) is 14.8. The van der Waals surface area contributed by atoms with Gasteiger partial charge >= 0.3 is 5.76 Å². The summed E-state index contributed by atoms with van der Waals surface area (Å²) < 4.78 is 6.56. The number of aryl methyl sites for hydroxylation is 1. The molecule has 0 spiro atoms. The molecule has 0 amide bonds. The Bertz CT molecular complexity index is 1680. The van der Waals surface area contributed by atoms with Gasteiger partial charge < -0.3 is 4.90 Å². The summed E-state index contributed by atoms with van der Waals surface area (Å²) in [7, 11) is 0. The lowest BCUT2D eigenvalue weighted by molar-refractivity contribution is 0.192. The van der Waals surface area contributed by atoms with Crippen LogP contribution in [0, 0.1) is 6.92 Å². The molecule has 0 saturated carbocycles. The van der Waals surface area contributed by atoms with Crippen molar-refractivity contribution in [2.75, 3.05) is 0 Å². The topological polar surface area (TPSA) is 97.0 Å². The summed E-state index contributed by atoms with van der Waals surface area (Å²) in [5, 5.41) is 3.86. The molecule has 1 N–H and O–H groups in total. The molecule has 1 aliphatic heterocycles. The molecule has 9 heteroatoms. The van der Waals surface area contributed by atoms with E-state index in [1.165, 1.54) is 6.42 Å². The van der Waals surface area contributed by atoms with Crippen molar-refractivity contribution in [2.24, 2.45) is 0 Å². The first-order chi connectivity index (χ1) is 20.2. The van der Waals surface area contributed by atoms with Gasteiger partial charge in [-0.3, -0.25) is 18.9 Å². The highest BCUT2D eigenvalue weighted by Gasteiger charge is 2.28. The first-order valence-corrected chi connectivity index (χ1v) is 15.2. The number of aromatic nitrogens is 4. The van der Waals surface area contributed by atoms with Gasteiger partial charge in [-0.15, -0.1) is 0 Å². The second-order valence-electron chi connectivity index (χ2n) is 11.5. The number of benzene rings is 2. The lowest BCUT2D eigenvalue weighted by Crippen LogP contribution is -2.48. The number of hydrogen-bond acceptors (Lipinski definition) is 6. The van der Waals surface area contributed by atoms with Crippen LogP contribution in [0.3, 0.4) is 0 Å². The van der Waals surface area contributed by atoms with E-state index in [1.807, 2.05) is 60.0 Å². The highest BCUT2D eigenvalue weighted by atomic mass is 32.1. The van der Waals surface area contributed by atoms with Crippen LogP contribution in [0.1, 0.15) is 81.9 Å². The van der Waals surface area contributed by atoms with Gasteiger partial charge in [0, 0.05) is 41.2 Å². The minimum Gasteiger partial charge on any atom is -0.360 e. The van der Waals surface area contributed by atoms with Crippen LogP contribution in [0.4, 0.5) is 0 Å². The summed E-state index contributed by atoms with van der Waals surface area (Å²) in [6.07, 6.45) is 4.77. The van der Waals surface area contributed by atoms with E-state index in [0.717, 1.165) is 58.0 Å². The van der Waals surface area contributed by atoms with Gasteiger partial charge in [0.2, 0.25) is 0 Å². The molecule has 1 aliphatic rings. The molecule has 4 aromatic rings. The molecule has 3 heterocycles. The number of nitrogens with one attached hydrogen (secondary N) is 1. The maximum atomic E-state index is 14.1. The molecule has 8 nitrogen and oxygen atoms in total. The number of piperidine rings is 1. The first kappa shape index (κ1) is 29.6. The molecule has 42 heavy (non-hydrogen) atoms. The zero-order valence-corrected chi connectivity index (χ0v) is 25.8. The maximum absolute atomic E-state index is 14.1. The fraction of sp³-hybridized carbons (Fsp3) is 0.424. The van der Waals surface area contributed by atoms with E-state index in [0.29, 0.717) is 36.4 Å². The van der Waals surface area contributed by atoms with Crippen molar-refractivity contribution in [3.8, 4) is 22.5 Å². The summed E-state index contributed by atoms with van der Waals surface area (Å²) in [4.78, 5) is 36.4. The van der Waals surface area contributed by atoms with Crippen LogP contribution in [0.15, 0.2) is 62.6 Å².